The van der Waals surface area contributed by atoms with Crippen molar-refractivity contribution in [2.45, 2.75) is 12.3 Å². The van der Waals surface area contributed by atoms with Crippen LogP contribution in [0.25, 0.3) is 0 Å². The van der Waals surface area contributed by atoms with E-state index < -0.39 is 5.91 Å². The zero-order valence-corrected chi connectivity index (χ0v) is 16.4. The molecule has 3 rings (SSSR count). The van der Waals surface area contributed by atoms with Gasteiger partial charge >= 0.3 is 0 Å². The van der Waals surface area contributed by atoms with E-state index in [-0.39, 0.29) is 16.7 Å². The Morgan fingerprint density at radius 1 is 1.04 bits per heavy atom. The molecule has 0 unspecified atom stereocenters. The van der Waals surface area contributed by atoms with Crippen LogP contribution < -0.4 is 10.6 Å². The summed E-state index contributed by atoms with van der Waals surface area (Å²) in [6.45, 7) is 0.493. The maximum absolute atomic E-state index is 12.9. The summed E-state index contributed by atoms with van der Waals surface area (Å²) in [6.07, 6.45) is 0. The first-order chi connectivity index (χ1) is 13.6. The molecule has 28 heavy (non-hydrogen) atoms. The number of halogens is 1. The fraction of sp³-hybridized carbons (Fsp3) is 0.158. The number of amides is 2. The molecule has 3 aromatic rings. The number of thioether (sulfide) groups is 1. The molecule has 1 heterocycles. The number of carbonyl (C=O) groups excluding carboxylic acids is 2. The third kappa shape index (κ3) is 6.14. The maximum Gasteiger partial charge on any atom is 0.286 e. The van der Waals surface area contributed by atoms with Gasteiger partial charge in [-0.05, 0) is 29.8 Å². The molecule has 0 spiro atoms. The van der Waals surface area contributed by atoms with Crippen molar-refractivity contribution in [2.24, 2.45) is 0 Å². The van der Waals surface area contributed by atoms with Gasteiger partial charge < -0.3 is 10.6 Å². The molecule has 0 bridgehead atoms. The average Bonchev–Trinajstić information content (AvgIpc) is 3.18. The summed E-state index contributed by atoms with van der Waals surface area (Å²) in [5.74, 6) is -0.0568. The van der Waals surface area contributed by atoms with E-state index in [1.54, 1.807) is 0 Å². The van der Waals surface area contributed by atoms with Crippen LogP contribution in [-0.2, 0) is 17.1 Å². The van der Waals surface area contributed by atoms with Crippen molar-refractivity contribution in [1.29, 1.82) is 0 Å². The number of nitrogens with one attached hydrogen (secondary N) is 2. The van der Waals surface area contributed by atoms with E-state index in [0.717, 1.165) is 16.9 Å². The third-order valence-corrected chi connectivity index (χ3v) is 5.60. The molecule has 144 valence electrons. The molecule has 1 aromatic heterocycles. The largest absolute Gasteiger partial charge is 0.351 e. The first kappa shape index (κ1) is 20.0. The third-order valence-electron chi connectivity index (χ3n) is 3.55. The Bertz CT molecular complexity index is 933. The van der Waals surface area contributed by atoms with E-state index in [9.17, 15) is 14.0 Å². The quantitative estimate of drug-likeness (QED) is 0.587. The zero-order valence-electron chi connectivity index (χ0n) is 14.7. The van der Waals surface area contributed by atoms with Gasteiger partial charge in [-0.15, -0.1) is 22.0 Å². The maximum atomic E-state index is 12.9. The van der Waals surface area contributed by atoms with E-state index >= 15 is 0 Å². The SMILES string of the molecule is O=C(CSCc1nnc(C(=O)Nc2ccc(F)cc2)s1)NCc1ccccc1. The van der Waals surface area contributed by atoms with Crippen molar-refractivity contribution in [3.63, 3.8) is 0 Å². The first-order valence-electron chi connectivity index (χ1n) is 8.38. The summed E-state index contributed by atoms with van der Waals surface area (Å²) in [5, 5.41) is 14.2. The van der Waals surface area contributed by atoms with Crippen molar-refractivity contribution in [1.82, 2.24) is 15.5 Å². The molecule has 0 atom stereocenters. The van der Waals surface area contributed by atoms with E-state index in [2.05, 4.69) is 20.8 Å². The summed E-state index contributed by atoms with van der Waals surface area (Å²) in [4.78, 5) is 24.0. The lowest BCUT2D eigenvalue weighted by Gasteiger charge is -2.04. The van der Waals surface area contributed by atoms with Crippen LogP contribution in [0.5, 0.6) is 0 Å². The van der Waals surface area contributed by atoms with E-state index in [1.807, 2.05) is 30.3 Å². The fourth-order valence-electron chi connectivity index (χ4n) is 2.20. The highest BCUT2D eigenvalue weighted by atomic mass is 32.2. The smallest absolute Gasteiger partial charge is 0.286 e. The van der Waals surface area contributed by atoms with Crippen molar-refractivity contribution in [3.8, 4) is 0 Å². The summed E-state index contributed by atoms with van der Waals surface area (Å²) < 4.78 is 12.9. The van der Waals surface area contributed by atoms with Crippen molar-refractivity contribution in [2.75, 3.05) is 11.1 Å². The number of anilines is 1. The lowest BCUT2D eigenvalue weighted by atomic mass is 10.2. The number of hydrogen-bond acceptors (Lipinski definition) is 6. The molecule has 0 fully saturated rings. The monoisotopic (exact) mass is 416 g/mol. The molecule has 0 saturated carbocycles. The molecule has 0 saturated heterocycles. The summed E-state index contributed by atoms with van der Waals surface area (Å²) in [5.41, 5.74) is 1.52. The Hall–Kier alpha value is -2.78. The number of hydrogen-bond donors (Lipinski definition) is 2. The van der Waals surface area contributed by atoms with Crippen molar-refractivity contribution in [3.05, 3.63) is 76.0 Å². The second-order valence-electron chi connectivity index (χ2n) is 5.72. The minimum Gasteiger partial charge on any atom is -0.351 e. The molecule has 0 aliphatic rings. The molecule has 2 aromatic carbocycles. The van der Waals surface area contributed by atoms with Gasteiger partial charge in [0.15, 0.2) is 0 Å². The number of rotatable bonds is 8. The fourth-order valence-corrected chi connectivity index (χ4v) is 3.84. The van der Waals surface area contributed by atoms with Crippen LogP contribution in [0.2, 0.25) is 0 Å². The van der Waals surface area contributed by atoms with E-state index in [1.165, 1.54) is 36.0 Å². The Balaban J connectivity index is 1.41. The zero-order chi connectivity index (χ0) is 19.8. The molecule has 2 amide bonds. The normalized spacial score (nSPS) is 10.5. The molecular formula is C19H17FN4O2S2. The summed E-state index contributed by atoms with van der Waals surface area (Å²) in [7, 11) is 0. The highest BCUT2D eigenvalue weighted by molar-refractivity contribution is 7.99. The Morgan fingerprint density at radius 3 is 2.54 bits per heavy atom. The molecule has 0 radical (unpaired) electrons. The van der Waals surface area contributed by atoms with Crippen LogP contribution in [0.3, 0.4) is 0 Å². The van der Waals surface area contributed by atoms with Crippen LogP contribution in [-0.4, -0.2) is 27.8 Å². The summed E-state index contributed by atoms with van der Waals surface area (Å²) >= 11 is 2.57. The van der Waals surface area contributed by atoms with Gasteiger partial charge in [0, 0.05) is 18.0 Å². The van der Waals surface area contributed by atoms with Gasteiger partial charge in [0.25, 0.3) is 5.91 Å². The standard InChI is InChI=1S/C19H17FN4O2S2/c20-14-6-8-15(9-7-14)22-18(26)19-24-23-17(28-19)12-27-11-16(25)21-10-13-4-2-1-3-5-13/h1-9H,10-12H2,(H,21,25)(H,22,26). The second kappa shape index (κ2) is 9.95. The van der Waals surface area contributed by atoms with Crippen molar-refractivity contribution < 1.29 is 14.0 Å². The van der Waals surface area contributed by atoms with Crippen molar-refractivity contribution >= 4 is 40.6 Å². The molecule has 0 aliphatic carbocycles. The topological polar surface area (TPSA) is 84.0 Å². The number of carbonyl (C=O) groups is 2. The molecule has 6 nitrogen and oxygen atoms in total. The molecule has 0 aliphatic heterocycles. The summed E-state index contributed by atoms with van der Waals surface area (Å²) in [6, 6.07) is 15.2. The number of benzene rings is 2. The van der Waals surface area contributed by atoms with Crippen LogP contribution in [0.1, 0.15) is 20.4 Å². The number of nitrogens with zero attached hydrogens (tertiary/aromatic N) is 2. The minimum atomic E-state index is -0.402. The highest BCUT2D eigenvalue weighted by Crippen LogP contribution is 2.18. The predicted molar refractivity (Wildman–Crippen MR) is 109 cm³/mol. The van der Waals surface area contributed by atoms with E-state index in [4.69, 9.17) is 0 Å². The molecule has 9 heteroatoms. The van der Waals surface area contributed by atoms with Gasteiger partial charge in [0.05, 0.1) is 5.75 Å². The van der Waals surface area contributed by atoms with Gasteiger partial charge in [-0.2, -0.15) is 0 Å². The Morgan fingerprint density at radius 2 is 1.79 bits per heavy atom. The van der Waals surface area contributed by atoms with E-state index in [0.29, 0.717) is 28.7 Å². The second-order valence-corrected chi connectivity index (χ2v) is 7.76. The number of aromatic nitrogens is 2. The van der Waals surface area contributed by atoms with Gasteiger partial charge in [0.2, 0.25) is 10.9 Å². The first-order valence-corrected chi connectivity index (χ1v) is 10.3. The predicted octanol–water partition coefficient (Wildman–Crippen LogP) is 3.48. The lowest BCUT2D eigenvalue weighted by Crippen LogP contribution is -2.24. The van der Waals surface area contributed by atoms with Crippen LogP contribution >= 0.6 is 23.1 Å². The van der Waals surface area contributed by atoms with Crippen LogP contribution in [0, 0.1) is 5.82 Å². The lowest BCUT2D eigenvalue weighted by molar-refractivity contribution is -0.118. The Labute approximate surface area is 169 Å². The Kier molecular flexibility index (Phi) is 7.10. The van der Waals surface area contributed by atoms with Gasteiger partial charge in [-0.3, -0.25) is 9.59 Å². The average molecular weight is 417 g/mol. The minimum absolute atomic E-state index is 0.0624. The van der Waals surface area contributed by atoms with Gasteiger partial charge in [0.1, 0.15) is 10.8 Å². The van der Waals surface area contributed by atoms with Crippen LogP contribution in [0.15, 0.2) is 54.6 Å². The molecular weight excluding hydrogens is 399 g/mol. The molecule has 2 N–H and O–H groups in total. The van der Waals surface area contributed by atoms with Crippen LogP contribution in [0.4, 0.5) is 10.1 Å². The van der Waals surface area contributed by atoms with Gasteiger partial charge in [-0.1, -0.05) is 41.7 Å². The highest BCUT2D eigenvalue weighted by Gasteiger charge is 2.13. The van der Waals surface area contributed by atoms with Gasteiger partial charge in [-0.25, -0.2) is 4.39 Å².